The van der Waals surface area contributed by atoms with Crippen LogP contribution in [0.25, 0.3) is 0 Å². The van der Waals surface area contributed by atoms with Crippen LogP contribution in [0.2, 0.25) is 0 Å². The van der Waals surface area contributed by atoms with Gasteiger partial charge in [0.25, 0.3) is 0 Å². The first-order chi connectivity index (χ1) is 10.9. The molecule has 2 amide bonds. The molecule has 2 aromatic rings. The van der Waals surface area contributed by atoms with Crippen molar-refractivity contribution in [3.8, 4) is 0 Å². The zero-order valence-corrected chi connectivity index (χ0v) is 13.6. The Morgan fingerprint density at radius 2 is 2.13 bits per heavy atom. The summed E-state index contributed by atoms with van der Waals surface area (Å²) < 4.78 is 5.19. The van der Waals surface area contributed by atoms with Gasteiger partial charge < -0.3 is 20.2 Å². The van der Waals surface area contributed by atoms with E-state index in [0.29, 0.717) is 5.76 Å². The normalized spacial score (nSPS) is 15.0. The molecule has 0 unspecified atom stereocenters. The van der Waals surface area contributed by atoms with Gasteiger partial charge in [0.1, 0.15) is 11.4 Å². The van der Waals surface area contributed by atoms with Crippen molar-refractivity contribution >= 4 is 6.03 Å². The second-order valence-corrected chi connectivity index (χ2v) is 6.05. The minimum atomic E-state index is -1.26. The average molecular weight is 317 g/mol. The summed E-state index contributed by atoms with van der Waals surface area (Å²) in [6.45, 7) is 5.65. The number of nitrogens with one attached hydrogen (secondary N) is 2. The molecule has 124 valence electrons. The van der Waals surface area contributed by atoms with Crippen LogP contribution in [-0.2, 0) is 5.60 Å². The van der Waals surface area contributed by atoms with Gasteiger partial charge in [0.15, 0.2) is 0 Å². The number of hydrogen-bond donors (Lipinski definition) is 3. The highest BCUT2D eigenvalue weighted by molar-refractivity contribution is 5.74. The van der Waals surface area contributed by atoms with Crippen molar-refractivity contribution in [3.05, 3.63) is 54.2 Å². The molecule has 0 bridgehead atoms. The van der Waals surface area contributed by atoms with Crippen LogP contribution in [0.3, 0.4) is 0 Å². The summed E-state index contributed by atoms with van der Waals surface area (Å²) >= 11 is 0. The van der Waals surface area contributed by atoms with Gasteiger partial charge in [-0.25, -0.2) is 4.79 Å². The van der Waals surface area contributed by atoms with E-state index in [1.807, 2.05) is 32.0 Å². The maximum atomic E-state index is 12.2. The Kier molecular flexibility index (Phi) is 5.39. The van der Waals surface area contributed by atoms with Crippen molar-refractivity contribution < 1.29 is 14.3 Å². The van der Waals surface area contributed by atoms with Gasteiger partial charge in [0, 0.05) is 6.20 Å². The molecule has 6 nitrogen and oxygen atoms in total. The van der Waals surface area contributed by atoms with Gasteiger partial charge in [0.2, 0.25) is 0 Å². The van der Waals surface area contributed by atoms with Crippen molar-refractivity contribution in [3.63, 3.8) is 0 Å². The number of aliphatic hydroxyl groups is 1. The van der Waals surface area contributed by atoms with E-state index in [-0.39, 0.29) is 24.5 Å². The highest BCUT2D eigenvalue weighted by atomic mass is 16.4. The van der Waals surface area contributed by atoms with E-state index in [4.69, 9.17) is 4.42 Å². The molecule has 0 saturated heterocycles. The van der Waals surface area contributed by atoms with E-state index in [2.05, 4.69) is 15.6 Å². The van der Waals surface area contributed by atoms with Gasteiger partial charge in [-0.3, -0.25) is 4.98 Å². The number of carbonyl (C=O) groups excluding carboxylic acids is 1. The molecule has 3 N–H and O–H groups in total. The lowest BCUT2D eigenvalue weighted by atomic mass is 10.0. The molecule has 2 aromatic heterocycles. The highest BCUT2D eigenvalue weighted by Crippen LogP contribution is 2.21. The van der Waals surface area contributed by atoms with E-state index in [1.54, 1.807) is 25.3 Å². The van der Waals surface area contributed by atoms with Gasteiger partial charge >= 0.3 is 6.03 Å². The lowest BCUT2D eigenvalue weighted by Crippen LogP contribution is -2.45. The van der Waals surface area contributed by atoms with E-state index in [9.17, 15) is 9.90 Å². The quantitative estimate of drug-likeness (QED) is 0.764. The molecule has 0 radical (unpaired) electrons. The SMILES string of the molecule is CC(C)[C@@H](NC(=O)NC[C@@](C)(O)c1ccco1)c1ccccn1. The van der Waals surface area contributed by atoms with Crippen LogP contribution < -0.4 is 10.6 Å². The van der Waals surface area contributed by atoms with E-state index in [1.165, 1.54) is 6.26 Å². The number of carbonyl (C=O) groups is 1. The number of hydrogen-bond acceptors (Lipinski definition) is 4. The Bertz CT molecular complexity index is 609. The molecule has 2 atom stereocenters. The Hall–Kier alpha value is -2.34. The lowest BCUT2D eigenvalue weighted by Gasteiger charge is -2.25. The molecule has 0 fully saturated rings. The van der Waals surface area contributed by atoms with Gasteiger partial charge in [-0.15, -0.1) is 0 Å². The Balaban J connectivity index is 1.95. The van der Waals surface area contributed by atoms with Gasteiger partial charge in [-0.05, 0) is 37.1 Å². The number of amides is 2. The summed E-state index contributed by atoms with van der Waals surface area (Å²) in [6, 6.07) is 8.40. The van der Waals surface area contributed by atoms with Gasteiger partial charge in [-0.1, -0.05) is 19.9 Å². The fourth-order valence-electron chi connectivity index (χ4n) is 2.26. The minimum absolute atomic E-state index is 0.0411. The molecule has 2 heterocycles. The number of aromatic nitrogens is 1. The number of rotatable bonds is 6. The largest absolute Gasteiger partial charge is 0.466 e. The van der Waals surface area contributed by atoms with E-state index < -0.39 is 5.60 Å². The molecule has 0 aliphatic rings. The standard InChI is InChI=1S/C17H23N3O3/c1-12(2)15(13-7-4-5-9-18-13)20-16(21)19-11-17(3,22)14-8-6-10-23-14/h4-10,12,15,22H,11H2,1-3H3,(H2,19,20,21)/t15-,17-/m1/s1. The van der Waals surface area contributed by atoms with E-state index >= 15 is 0 Å². The summed E-state index contributed by atoms with van der Waals surface area (Å²) in [6.07, 6.45) is 3.19. The highest BCUT2D eigenvalue weighted by Gasteiger charge is 2.27. The predicted molar refractivity (Wildman–Crippen MR) is 86.6 cm³/mol. The van der Waals surface area contributed by atoms with Crippen molar-refractivity contribution in [1.82, 2.24) is 15.6 Å². The summed E-state index contributed by atoms with van der Waals surface area (Å²) in [7, 11) is 0. The maximum absolute atomic E-state index is 12.2. The lowest BCUT2D eigenvalue weighted by molar-refractivity contribution is 0.0366. The molecule has 0 aliphatic heterocycles. The fourth-order valence-corrected chi connectivity index (χ4v) is 2.26. The third kappa shape index (κ3) is 4.56. The van der Waals surface area contributed by atoms with E-state index in [0.717, 1.165) is 5.69 Å². The van der Waals surface area contributed by atoms with Crippen LogP contribution in [0.1, 0.15) is 38.3 Å². The summed E-state index contributed by atoms with van der Waals surface area (Å²) in [5, 5.41) is 15.9. The zero-order chi connectivity index (χ0) is 16.9. The Morgan fingerprint density at radius 1 is 1.35 bits per heavy atom. The molecule has 0 aliphatic carbocycles. The van der Waals surface area contributed by atoms with Gasteiger partial charge in [0.05, 0.1) is 24.5 Å². The van der Waals surface area contributed by atoms with Crippen LogP contribution >= 0.6 is 0 Å². The van der Waals surface area contributed by atoms with Gasteiger partial charge in [-0.2, -0.15) is 0 Å². The number of nitrogens with zero attached hydrogens (tertiary/aromatic N) is 1. The van der Waals surface area contributed by atoms with Crippen LogP contribution in [-0.4, -0.2) is 22.7 Å². The smallest absolute Gasteiger partial charge is 0.315 e. The second-order valence-electron chi connectivity index (χ2n) is 6.05. The zero-order valence-electron chi connectivity index (χ0n) is 13.6. The maximum Gasteiger partial charge on any atom is 0.315 e. The third-order valence-electron chi connectivity index (χ3n) is 3.60. The second kappa shape index (κ2) is 7.28. The Morgan fingerprint density at radius 3 is 2.70 bits per heavy atom. The third-order valence-corrected chi connectivity index (χ3v) is 3.60. The molecular weight excluding hydrogens is 294 g/mol. The van der Waals surface area contributed by atoms with Crippen molar-refractivity contribution in [2.45, 2.75) is 32.4 Å². The predicted octanol–water partition coefficient (Wildman–Crippen LogP) is 2.58. The average Bonchev–Trinajstić information content (AvgIpc) is 3.06. The fraction of sp³-hybridized carbons (Fsp3) is 0.412. The Labute approximate surface area is 135 Å². The molecule has 23 heavy (non-hydrogen) atoms. The first kappa shape index (κ1) is 17.0. The first-order valence-electron chi connectivity index (χ1n) is 7.62. The van der Waals surface area contributed by atoms with Crippen molar-refractivity contribution in [1.29, 1.82) is 0 Å². The first-order valence-corrected chi connectivity index (χ1v) is 7.62. The molecule has 6 heteroatoms. The molecular formula is C17H23N3O3. The van der Waals surface area contributed by atoms with Crippen molar-refractivity contribution in [2.24, 2.45) is 5.92 Å². The van der Waals surface area contributed by atoms with Crippen LogP contribution in [0.5, 0.6) is 0 Å². The van der Waals surface area contributed by atoms with Crippen molar-refractivity contribution in [2.75, 3.05) is 6.54 Å². The molecule has 2 rings (SSSR count). The monoisotopic (exact) mass is 317 g/mol. The summed E-state index contributed by atoms with van der Waals surface area (Å²) in [4.78, 5) is 16.5. The molecule has 0 aromatic carbocycles. The summed E-state index contributed by atoms with van der Waals surface area (Å²) in [5.41, 5.74) is -0.463. The minimum Gasteiger partial charge on any atom is -0.466 e. The number of pyridine rings is 1. The number of furan rings is 1. The molecule has 0 saturated carbocycles. The van der Waals surface area contributed by atoms with Crippen LogP contribution in [0.4, 0.5) is 4.79 Å². The summed E-state index contributed by atoms with van der Waals surface area (Å²) in [5.74, 6) is 0.587. The van der Waals surface area contributed by atoms with Crippen LogP contribution in [0.15, 0.2) is 47.2 Å². The topological polar surface area (TPSA) is 87.4 Å². The van der Waals surface area contributed by atoms with Crippen LogP contribution in [0, 0.1) is 5.92 Å². The molecule has 0 spiro atoms. The number of urea groups is 1.